The predicted molar refractivity (Wildman–Crippen MR) is 72.9 cm³/mol. The monoisotopic (exact) mass is 258 g/mol. The second-order valence-electron chi connectivity index (χ2n) is 3.80. The zero-order chi connectivity index (χ0) is 13.0. The van der Waals surface area contributed by atoms with Gasteiger partial charge in [-0.1, -0.05) is 41.9 Å². The second kappa shape index (κ2) is 5.52. The lowest BCUT2D eigenvalue weighted by Crippen LogP contribution is -1.93. The van der Waals surface area contributed by atoms with Crippen molar-refractivity contribution in [2.45, 2.75) is 0 Å². The van der Waals surface area contributed by atoms with Crippen molar-refractivity contribution in [2.24, 2.45) is 0 Å². The van der Waals surface area contributed by atoms with E-state index >= 15 is 0 Å². The number of carbonyl (C=O) groups is 1. The number of hydrogen-bond acceptors (Lipinski definition) is 2. The van der Waals surface area contributed by atoms with Gasteiger partial charge >= 0.3 is 0 Å². The van der Waals surface area contributed by atoms with Crippen LogP contribution >= 0.6 is 11.6 Å². The van der Waals surface area contributed by atoms with Crippen LogP contribution in [-0.2, 0) is 0 Å². The van der Waals surface area contributed by atoms with Gasteiger partial charge in [-0.2, -0.15) is 0 Å². The molecule has 0 aliphatic heterocycles. The number of rotatable bonds is 3. The topological polar surface area (TPSA) is 37.3 Å². The third-order valence-electron chi connectivity index (χ3n) is 2.43. The van der Waals surface area contributed by atoms with E-state index in [4.69, 9.17) is 11.6 Å². The molecule has 0 saturated heterocycles. The molecule has 1 N–H and O–H groups in total. The molecule has 2 aromatic carbocycles. The molecule has 0 aromatic heterocycles. The summed E-state index contributed by atoms with van der Waals surface area (Å²) in [6.45, 7) is 0. The van der Waals surface area contributed by atoms with Crippen LogP contribution in [0, 0.1) is 0 Å². The summed E-state index contributed by atoms with van der Waals surface area (Å²) in [5.41, 5.74) is 1.35. The van der Waals surface area contributed by atoms with E-state index < -0.39 is 0 Å². The molecule has 0 radical (unpaired) electrons. The molecule has 90 valence electrons. The predicted octanol–water partition coefficient (Wildman–Crippen LogP) is 3.94. The van der Waals surface area contributed by atoms with Crippen molar-refractivity contribution in [2.75, 3.05) is 0 Å². The Hall–Kier alpha value is -2.06. The van der Waals surface area contributed by atoms with Gasteiger partial charge in [-0.05, 0) is 35.9 Å². The summed E-state index contributed by atoms with van der Waals surface area (Å²) in [6.07, 6.45) is 3.18. The summed E-state index contributed by atoms with van der Waals surface area (Å²) in [7, 11) is 0. The quantitative estimate of drug-likeness (QED) is 0.669. The van der Waals surface area contributed by atoms with E-state index in [1.54, 1.807) is 30.3 Å². The fourth-order valence-corrected chi connectivity index (χ4v) is 1.63. The molecule has 2 nitrogen and oxygen atoms in total. The SMILES string of the molecule is O=C(/C=C\c1ccc(Cl)cc1)c1cccc(O)c1. The summed E-state index contributed by atoms with van der Waals surface area (Å²) in [5.74, 6) is -0.0680. The first-order valence-corrected chi connectivity index (χ1v) is 5.80. The number of benzene rings is 2. The summed E-state index contributed by atoms with van der Waals surface area (Å²) in [6, 6.07) is 13.4. The number of phenolic OH excluding ortho intramolecular Hbond substituents is 1. The van der Waals surface area contributed by atoms with E-state index in [-0.39, 0.29) is 11.5 Å². The van der Waals surface area contributed by atoms with Gasteiger partial charge in [-0.3, -0.25) is 4.79 Å². The second-order valence-corrected chi connectivity index (χ2v) is 4.24. The average molecular weight is 259 g/mol. The molecule has 0 bridgehead atoms. The average Bonchev–Trinajstić information content (AvgIpc) is 2.38. The molecule has 3 heteroatoms. The molecular formula is C15H11ClO2. The number of halogens is 1. The van der Waals surface area contributed by atoms with Crippen LogP contribution in [0.3, 0.4) is 0 Å². The Bertz CT molecular complexity index is 586. The molecular weight excluding hydrogens is 248 g/mol. The Kier molecular flexibility index (Phi) is 3.80. The fraction of sp³-hybridized carbons (Fsp3) is 0. The number of allylic oxidation sites excluding steroid dienone is 1. The minimum Gasteiger partial charge on any atom is -0.508 e. The minimum atomic E-state index is -0.152. The minimum absolute atomic E-state index is 0.0840. The Balaban J connectivity index is 2.14. The Morgan fingerprint density at radius 2 is 1.83 bits per heavy atom. The van der Waals surface area contributed by atoms with E-state index in [1.165, 1.54) is 18.2 Å². The van der Waals surface area contributed by atoms with Gasteiger partial charge < -0.3 is 5.11 Å². The smallest absolute Gasteiger partial charge is 0.185 e. The third kappa shape index (κ3) is 3.22. The van der Waals surface area contributed by atoms with E-state index in [0.717, 1.165) is 5.56 Å². The lowest BCUT2D eigenvalue weighted by molar-refractivity contribution is 0.104. The van der Waals surface area contributed by atoms with Crippen molar-refractivity contribution in [3.63, 3.8) is 0 Å². The molecule has 0 atom stereocenters. The van der Waals surface area contributed by atoms with Gasteiger partial charge in [0.1, 0.15) is 5.75 Å². The van der Waals surface area contributed by atoms with Gasteiger partial charge in [-0.15, -0.1) is 0 Å². The molecule has 0 saturated carbocycles. The van der Waals surface area contributed by atoms with Gasteiger partial charge in [0, 0.05) is 10.6 Å². The summed E-state index contributed by atoms with van der Waals surface area (Å²) < 4.78 is 0. The Morgan fingerprint density at radius 1 is 1.11 bits per heavy atom. The Labute approximate surface area is 110 Å². The van der Waals surface area contributed by atoms with Gasteiger partial charge in [0.05, 0.1) is 0 Å². The van der Waals surface area contributed by atoms with E-state index in [0.29, 0.717) is 10.6 Å². The number of carbonyl (C=O) groups excluding carboxylic acids is 1. The summed E-state index contributed by atoms with van der Waals surface area (Å²) in [5, 5.41) is 9.95. The first-order chi connectivity index (χ1) is 8.65. The van der Waals surface area contributed by atoms with E-state index in [1.807, 2.05) is 12.1 Å². The maximum atomic E-state index is 11.8. The highest BCUT2D eigenvalue weighted by molar-refractivity contribution is 6.30. The Morgan fingerprint density at radius 3 is 2.50 bits per heavy atom. The lowest BCUT2D eigenvalue weighted by atomic mass is 10.1. The van der Waals surface area contributed by atoms with Gasteiger partial charge in [0.25, 0.3) is 0 Å². The van der Waals surface area contributed by atoms with Crippen LogP contribution < -0.4 is 0 Å². The van der Waals surface area contributed by atoms with Crippen molar-refractivity contribution in [1.82, 2.24) is 0 Å². The molecule has 0 spiro atoms. The van der Waals surface area contributed by atoms with Crippen molar-refractivity contribution < 1.29 is 9.90 Å². The van der Waals surface area contributed by atoms with Crippen LogP contribution in [0.25, 0.3) is 6.08 Å². The van der Waals surface area contributed by atoms with Gasteiger partial charge in [0.15, 0.2) is 5.78 Å². The highest BCUT2D eigenvalue weighted by atomic mass is 35.5. The van der Waals surface area contributed by atoms with Crippen molar-refractivity contribution >= 4 is 23.5 Å². The first-order valence-electron chi connectivity index (χ1n) is 5.42. The van der Waals surface area contributed by atoms with Crippen LogP contribution in [0.15, 0.2) is 54.6 Å². The molecule has 0 aliphatic carbocycles. The summed E-state index contributed by atoms with van der Waals surface area (Å²) in [4.78, 5) is 11.8. The molecule has 2 rings (SSSR count). The molecule has 0 aliphatic rings. The highest BCUT2D eigenvalue weighted by Gasteiger charge is 2.01. The van der Waals surface area contributed by atoms with Gasteiger partial charge in [-0.25, -0.2) is 0 Å². The van der Waals surface area contributed by atoms with Crippen molar-refractivity contribution in [3.05, 3.63) is 70.8 Å². The standard InChI is InChI=1S/C15H11ClO2/c16-13-7-4-11(5-8-13)6-9-15(18)12-2-1-3-14(17)10-12/h1-10,17H/b9-6-. The van der Waals surface area contributed by atoms with Crippen molar-refractivity contribution in [1.29, 1.82) is 0 Å². The van der Waals surface area contributed by atoms with E-state index in [9.17, 15) is 9.90 Å². The maximum absolute atomic E-state index is 11.8. The molecule has 0 amide bonds. The van der Waals surface area contributed by atoms with Crippen LogP contribution in [0.2, 0.25) is 5.02 Å². The zero-order valence-electron chi connectivity index (χ0n) is 9.51. The number of phenols is 1. The van der Waals surface area contributed by atoms with Gasteiger partial charge in [0.2, 0.25) is 0 Å². The largest absolute Gasteiger partial charge is 0.508 e. The van der Waals surface area contributed by atoms with E-state index in [2.05, 4.69) is 0 Å². The number of aromatic hydroxyl groups is 1. The highest BCUT2D eigenvalue weighted by Crippen LogP contribution is 2.14. The molecule has 0 unspecified atom stereocenters. The number of hydrogen-bond donors (Lipinski definition) is 1. The third-order valence-corrected chi connectivity index (χ3v) is 2.68. The van der Waals surface area contributed by atoms with Crippen LogP contribution in [-0.4, -0.2) is 10.9 Å². The normalized spacial score (nSPS) is 10.7. The van der Waals surface area contributed by atoms with Crippen LogP contribution in [0.1, 0.15) is 15.9 Å². The fourth-order valence-electron chi connectivity index (χ4n) is 1.50. The molecule has 18 heavy (non-hydrogen) atoms. The molecule has 0 heterocycles. The van der Waals surface area contributed by atoms with Crippen LogP contribution in [0.4, 0.5) is 0 Å². The van der Waals surface area contributed by atoms with Crippen molar-refractivity contribution in [3.8, 4) is 5.75 Å². The zero-order valence-corrected chi connectivity index (χ0v) is 10.3. The van der Waals surface area contributed by atoms with Crippen LogP contribution in [0.5, 0.6) is 5.75 Å². The lowest BCUT2D eigenvalue weighted by Gasteiger charge is -1.97. The molecule has 0 fully saturated rings. The number of ketones is 1. The molecule has 2 aromatic rings. The summed E-state index contributed by atoms with van der Waals surface area (Å²) >= 11 is 5.77. The first kappa shape index (κ1) is 12.4. The maximum Gasteiger partial charge on any atom is 0.185 e.